The third kappa shape index (κ3) is 5.24. The zero-order chi connectivity index (χ0) is 18.4. The van der Waals surface area contributed by atoms with Gasteiger partial charge in [-0.3, -0.25) is 10.1 Å². The number of alkyl halides is 2. The second kappa shape index (κ2) is 8.72. The van der Waals surface area contributed by atoms with Crippen LogP contribution < -0.4 is 10.1 Å². The van der Waals surface area contributed by atoms with Gasteiger partial charge >= 0.3 is 6.61 Å². The minimum atomic E-state index is -2.94. The minimum Gasteiger partial charge on any atom is -0.435 e. The van der Waals surface area contributed by atoms with Crippen molar-refractivity contribution in [2.45, 2.75) is 16.7 Å². The molecule has 0 saturated carbocycles. The van der Waals surface area contributed by atoms with Crippen molar-refractivity contribution < 1.29 is 18.3 Å². The largest absolute Gasteiger partial charge is 0.435 e. The van der Waals surface area contributed by atoms with E-state index in [1.54, 1.807) is 0 Å². The molecule has 0 unspecified atom stereocenters. The first kappa shape index (κ1) is 18.3. The molecule has 9 heteroatoms. The van der Waals surface area contributed by atoms with E-state index in [9.17, 15) is 13.6 Å². The van der Waals surface area contributed by atoms with Gasteiger partial charge in [-0.05, 0) is 23.8 Å². The highest BCUT2D eigenvalue weighted by Crippen LogP contribution is 2.28. The summed E-state index contributed by atoms with van der Waals surface area (Å²) in [6, 6.07) is 15.5. The molecule has 0 aliphatic heterocycles. The summed E-state index contributed by atoms with van der Waals surface area (Å²) in [5.74, 6) is 0.195. The quantitative estimate of drug-likeness (QED) is 0.466. The lowest BCUT2D eigenvalue weighted by atomic mass is 10.2. The van der Waals surface area contributed by atoms with Crippen LogP contribution in [0.25, 0.3) is 0 Å². The number of aromatic nitrogens is 2. The Labute approximate surface area is 156 Å². The number of benzene rings is 2. The number of carbonyl (C=O) groups is 1. The number of halogens is 2. The molecule has 0 spiro atoms. The summed E-state index contributed by atoms with van der Waals surface area (Å²) in [5, 5.41) is 10.9. The summed E-state index contributed by atoms with van der Waals surface area (Å²) in [6.07, 6.45) is 0. The number of anilines is 1. The summed E-state index contributed by atoms with van der Waals surface area (Å²) in [7, 11) is 0. The Morgan fingerprint density at radius 2 is 1.96 bits per heavy atom. The van der Waals surface area contributed by atoms with Gasteiger partial charge in [0.25, 0.3) is 5.91 Å². The maximum absolute atomic E-state index is 12.3. The van der Waals surface area contributed by atoms with Gasteiger partial charge in [-0.1, -0.05) is 59.5 Å². The predicted molar refractivity (Wildman–Crippen MR) is 96.9 cm³/mol. The van der Waals surface area contributed by atoms with Gasteiger partial charge < -0.3 is 4.74 Å². The molecule has 0 aliphatic rings. The molecule has 134 valence electrons. The lowest BCUT2D eigenvalue weighted by Gasteiger charge is -2.06. The van der Waals surface area contributed by atoms with Crippen LogP contribution in [0, 0.1) is 0 Å². The van der Waals surface area contributed by atoms with Crippen molar-refractivity contribution in [3.8, 4) is 5.75 Å². The molecule has 1 N–H and O–H groups in total. The first-order valence-electron chi connectivity index (χ1n) is 7.46. The molecule has 0 saturated heterocycles. The zero-order valence-corrected chi connectivity index (χ0v) is 14.9. The fourth-order valence-electron chi connectivity index (χ4n) is 2.02. The Hall–Kier alpha value is -2.52. The fourth-order valence-corrected chi connectivity index (χ4v) is 3.72. The third-order valence-electron chi connectivity index (χ3n) is 3.15. The average Bonchev–Trinajstić information content (AvgIpc) is 3.08. The number of carbonyl (C=O) groups excluding carboxylic acids is 1. The Kier molecular flexibility index (Phi) is 6.13. The van der Waals surface area contributed by atoms with Crippen molar-refractivity contribution in [2.75, 3.05) is 5.32 Å². The standard InChI is InChI=1S/C17H13F2N3O2S2/c18-15(19)24-13-8-4-7-12(9-13)14(23)20-16-21-22-17(26-16)25-10-11-5-2-1-3-6-11/h1-9,15H,10H2,(H,20,21,23). The number of nitrogens with one attached hydrogen (secondary N) is 1. The van der Waals surface area contributed by atoms with E-state index in [1.165, 1.54) is 47.4 Å². The van der Waals surface area contributed by atoms with Crippen molar-refractivity contribution in [3.63, 3.8) is 0 Å². The summed E-state index contributed by atoms with van der Waals surface area (Å²) >= 11 is 2.76. The van der Waals surface area contributed by atoms with Gasteiger partial charge in [0.15, 0.2) is 4.34 Å². The molecule has 3 aromatic rings. The van der Waals surface area contributed by atoms with E-state index < -0.39 is 12.5 Å². The molecule has 5 nitrogen and oxygen atoms in total. The van der Waals surface area contributed by atoms with E-state index in [1.807, 2.05) is 30.3 Å². The van der Waals surface area contributed by atoms with Crippen LogP contribution in [0.4, 0.5) is 13.9 Å². The minimum absolute atomic E-state index is 0.0796. The molecule has 0 radical (unpaired) electrons. The van der Waals surface area contributed by atoms with Crippen LogP contribution in [0.5, 0.6) is 5.75 Å². The molecule has 2 aromatic carbocycles. The van der Waals surface area contributed by atoms with Gasteiger partial charge in [0, 0.05) is 11.3 Å². The Morgan fingerprint density at radius 3 is 2.73 bits per heavy atom. The Bertz CT molecular complexity index is 875. The average molecular weight is 393 g/mol. The van der Waals surface area contributed by atoms with Gasteiger partial charge in [0.05, 0.1) is 0 Å². The molecule has 0 atom stereocenters. The molecule has 0 fully saturated rings. The monoisotopic (exact) mass is 393 g/mol. The number of hydrogen-bond acceptors (Lipinski definition) is 6. The number of hydrogen-bond donors (Lipinski definition) is 1. The van der Waals surface area contributed by atoms with Crippen LogP contribution in [-0.4, -0.2) is 22.7 Å². The van der Waals surface area contributed by atoms with Gasteiger partial charge in [-0.25, -0.2) is 0 Å². The number of ether oxygens (including phenoxy) is 1. The van der Waals surface area contributed by atoms with Crippen molar-refractivity contribution >= 4 is 34.1 Å². The fraction of sp³-hybridized carbons (Fsp3) is 0.118. The first-order valence-corrected chi connectivity index (χ1v) is 9.27. The Balaban J connectivity index is 1.59. The lowest BCUT2D eigenvalue weighted by Crippen LogP contribution is -2.12. The SMILES string of the molecule is O=C(Nc1nnc(SCc2ccccc2)s1)c1cccc(OC(F)F)c1. The van der Waals surface area contributed by atoms with Crippen LogP contribution >= 0.6 is 23.1 Å². The third-order valence-corrected chi connectivity index (χ3v) is 5.20. The van der Waals surface area contributed by atoms with Crippen LogP contribution in [0.2, 0.25) is 0 Å². The smallest absolute Gasteiger partial charge is 0.387 e. The van der Waals surface area contributed by atoms with E-state index in [0.29, 0.717) is 5.13 Å². The molecule has 3 rings (SSSR count). The second-order valence-corrected chi connectivity index (χ2v) is 7.21. The molecule has 1 aromatic heterocycles. The molecule has 0 aliphatic carbocycles. The molecular weight excluding hydrogens is 380 g/mol. The normalized spacial score (nSPS) is 10.7. The molecule has 1 heterocycles. The van der Waals surface area contributed by atoms with E-state index in [2.05, 4.69) is 20.3 Å². The zero-order valence-electron chi connectivity index (χ0n) is 13.3. The highest BCUT2D eigenvalue weighted by Gasteiger charge is 2.12. The number of nitrogens with zero attached hydrogens (tertiary/aromatic N) is 2. The van der Waals surface area contributed by atoms with Crippen molar-refractivity contribution in [1.29, 1.82) is 0 Å². The van der Waals surface area contributed by atoms with Crippen LogP contribution in [-0.2, 0) is 5.75 Å². The molecule has 1 amide bonds. The maximum Gasteiger partial charge on any atom is 0.387 e. The second-order valence-electron chi connectivity index (χ2n) is 5.01. The Morgan fingerprint density at radius 1 is 1.15 bits per heavy atom. The molecular formula is C17H13F2N3O2S2. The molecule has 26 heavy (non-hydrogen) atoms. The highest BCUT2D eigenvalue weighted by molar-refractivity contribution is 8.00. The lowest BCUT2D eigenvalue weighted by molar-refractivity contribution is -0.0498. The van der Waals surface area contributed by atoms with E-state index in [0.717, 1.165) is 15.7 Å². The first-order chi connectivity index (χ1) is 12.6. The summed E-state index contributed by atoms with van der Waals surface area (Å²) < 4.78 is 29.5. The van der Waals surface area contributed by atoms with E-state index in [4.69, 9.17) is 0 Å². The van der Waals surface area contributed by atoms with Crippen LogP contribution in [0.1, 0.15) is 15.9 Å². The highest BCUT2D eigenvalue weighted by atomic mass is 32.2. The van der Waals surface area contributed by atoms with Crippen LogP contribution in [0.15, 0.2) is 58.9 Å². The van der Waals surface area contributed by atoms with Crippen LogP contribution in [0.3, 0.4) is 0 Å². The summed E-state index contributed by atoms with van der Waals surface area (Å²) in [4.78, 5) is 12.2. The van der Waals surface area contributed by atoms with Gasteiger partial charge in [0.2, 0.25) is 5.13 Å². The van der Waals surface area contributed by atoms with Gasteiger partial charge in [-0.2, -0.15) is 8.78 Å². The topological polar surface area (TPSA) is 64.1 Å². The summed E-state index contributed by atoms with van der Waals surface area (Å²) in [6.45, 7) is -2.94. The van der Waals surface area contributed by atoms with Crippen molar-refractivity contribution in [2.24, 2.45) is 0 Å². The number of thioether (sulfide) groups is 1. The van der Waals surface area contributed by atoms with E-state index in [-0.39, 0.29) is 11.3 Å². The summed E-state index contributed by atoms with van der Waals surface area (Å²) in [5.41, 5.74) is 1.35. The van der Waals surface area contributed by atoms with Crippen molar-refractivity contribution in [1.82, 2.24) is 10.2 Å². The predicted octanol–water partition coefficient (Wildman–Crippen LogP) is 4.68. The maximum atomic E-state index is 12.3. The number of rotatable bonds is 7. The molecule has 0 bridgehead atoms. The van der Waals surface area contributed by atoms with Gasteiger partial charge in [-0.15, -0.1) is 10.2 Å². The van der Waals surface area contributed by atoms with E-state index >= 15 is 0 Å². The van der Waals surface area contributed by atoms with Gasteiger partial charge in [0.1, 0.15) is 5.75 Å². The number of amides is 1. The van der Waals surface area contributed by atoms with Crippen molar-refractivity contribution in [3.05, 3.63) is 65.7 Å².